The van der Waals surface area contributed by atoms with Gasteiger partial charge < -0.3 is 19.4 Å². The Morgan fingerprint density at radius 1 is 0.800 bits per heavy atom. The van der Waals surface area contributed by atoms with E-state index < -0.39 is 0 Å². The quantitative estimate of drug-likeness (QED) is 0.594. The summed E-state index contributed by atoms with van der Waals surface area (Å²) in [5.41, 5.74) is 0.773. The molecule has 4 rings (SSSR count). The summed E-state index contributed by atoms with van der Waals surface area (Å²) in [6.45, 7) is 9.02. The van der Waals surface area contributed by atoms with E-state index in [0.29, 0.717) is 0 Å². The Labute approximate surface area is 183 Å². The number of hydrogen-bond donors (Lipinski definition) is 0. The molecule has 1 amide bonds. The fraction of sp³-hybridized carbons (Fsp3) is 0.720. The summed E-state index contributed by atoms with van der Waals surface area (Å²) in [7, 11) is 2.17. The average Bonchev–Trinajstić information content (AvgIpc) is 3.55. The van der Waals surface area contributed by atoms with E-state index in [1.807, 2.05) is 29.2 Å². The van der Waals surface area contributed by atoms with E-state index in [0.717, 1.165) is 50.3 Å². The highest BCUT2D eigenvalue weighted by molar-refractivity contribution is 5.94. The first-order valence-corrected chi connectivity index (χ1v) is 12.2. The normalized spacial score (nSPS) is 19.7. The van der Waals surface area contributed by atoms with Crippen LogP contribution in [-0.2, 0) is 0 Å². The van der Waals surface area contributed by atoms with E-state index in [1.165, 1.54) is 71.2 Å². The highest BCUT2D eigenvalue weighted by Gasteiger charge is 2.19. The number of unbranched alkanes of at least 4 members (excludes halogenated alkanes) is 2. The molecule has 0 saturated carbocycles. The Hall–Kier alpha value is -1.59. The Balaban J connectivity index is 0.000000367. The Morgan fingerprint density at radius 2 is 1.40 bits per heavy atom. The molecule has 0 bridgehead atoms. The number of carbonyl (C=O) groups is 1. The van der Waals surface area contributed by atoms with E-state index in [1.54, 1.807) is 0 Å². The summed E-state index contributed by atoms with van der Waals surface area (Å²) >= 11 is 0. The van der Waals surface area contributed by atoms with Gasteiger partial charge in [0.1, 0.15) is 5.75 Å². The molecule has 3 fully saturated rings. The summed E-state index contributed by atoms with van der Waals surface area (Å²) < 4.78 is 5.80. The summed E-state index contributed by atoms with van der Waals surface area (Å²) in [4.78, 5) is 19.1. The predicted molar refractivity (Wildman–Crippen MR) is 123 cm³/mol. The van der Waals surface area contributed by atoms with Gasteiger partial charge in [0, 0.05) is 18.7 Å². The van der Waals surface area contributed by atoms with Gasteiger partial charge in [0.05, 0.1) is 6.61 Å². The zero-order chi connectivity index (χ0) is 21.0. The Bertz CT molecular complexity index is 601. The second-order valence-corrected chi connectivity index (χ2v) is 8.99. The van der Waals surface area contributed by atoms with E-state index in [-0.39, 0.29) is 5.91 Å². The molecule has 0 spiro atoms. The molecule has 3 aliphatic heterocycles. The summed E-state index contributed by atoms with van der Waals surface area (Å²) in [5, 5.41) is 0. The minimum atomic E-state index is 0.154. The number of ether oxygens (including phenoxy) is 1. The molecule has 1 aromatic carbocycles. The van der Waals surface area contributed by atoms with Crippen LogP contribution in [0.1, 0.15) is 68.1 Å². The molecule has 1 aromatic rings. The molecule has 168 valence electrons. The van der Waals surface area contributed by atoms with Gasteiger partial charge in [-0.3, -0.25) is 4.79 Å². The molecule has 5 heteroatoms. The van der Waals surface area contributed by atoms with Gasteiger partial charge >= 0.3 is 0 Å². The molecule has 30 heavy (non-hydrogen) atoms. The third-order valence-electron chi connectivity index (χ3n) is 6.41. The predicted octanol–water partition coefficient (Wildman–Crippen LogP) is 4.28. The largest absolute Gasteiger partial charge is 0.494 e. The topological polar surface area (TPSA) is 36.0 Å². The number of carbonyl (C=O) groups excluding carboxylic acids is 1. The van der Waals surface area contributed by atoms with E-state index in [9.17, 15) is 4.79 Å². The van der Waals surface area contributed by atoms with Crippen molar-refractivity contribution in [2.24, 2.45) is 0 Å². The molecule has 0 unspecified atom stereocenters. The number of nitrogens with zero attached hydrogens (tertiary/aromatic N) is 3. The molecule has 0 aliphatic carbocycles. The van der Waals surface area contributed by atoms with Crippen LogP contribution in [-0.4, -0.2) is 80.1 Å². The second kappa shape index (κ2) is 13.0. The lowest BCUT2D eigenvalue weighted by molar-refractivity contribution is 0.0793. The van der Waals surface area contributed by atoms with Gasteiger partial charge in [0.15, 0.2) is 0 Å². The molecule has 3 aliphatic rings. The van der Waals surface area contributed by atoms with Crippen LogP contribution in [0.4, 0.5) is 0 Å². The van der Waals surface area contributed by atoms with Crippen molar-refractivity contribution >= 4 is 5.91 Å². The van der Waals surface area contributed by atoms with Crippen LogP contribution in [0.25, 0.3) is 0 Å². The fourth-order valence-corrected chi connectivity index (χ4v) is 4.48. The molecule has 0 aromatic heterocycles. The zero-order valence-electron chi connectivity index (χ0n) is 19.0. The van der Waals surface area contributed by atoms with E-state index >= 15 is 0 Å². The van der Waals surface area contributed by atoms with Gasteiger partial charge in [-0.05, 0) is 122 Å². The van der Waals surface area contributed by atoms with E-state index in [4.69, 9.17) is 4.74 Å². The first-order chi connectivity index (χ1) is 14.7. The van der Waals surface area contributed by atoms with E-state index in [2.05, 4.69) is 16.8 Å². The van der Waals surface area contributed by atoms with Gasteiger partial charge in [-0.15, -0.1) is 0 Å². The van der Waals surface area contributed by atoms with Gasteiger partial charge in [0.2, 0.25) is 0 Å². The van der Waals surface area contributed by atoms with Crippen molar-refractivity contribution in [2.75, 3.05) is 59.5 Å². The molecular weight excluding hydrogens is 374 g/mol. The van der Waals surface area contributed by atoms with Crippen molar-refractivity contribution in [2.45, 2.75) is 57.8 Å². The van der Waals surface area contributed by atoms with Gasteiger partial charge in [-0.2, -0.15) is 0 Å². The maximum Gasteiger partial charge on any atom is 0.253 e. The molecule has 3 saturated heterocycles. The molecule has 5 nitrogen and oxygen atoms in total. The summed E-state index contributed by atoms with van der Waals surface area (Å²) in [6, 6.07) is 7.63. The number of benzene rings is 1. The average molecular weight is 416 g/mol. The number of amides is 1. The molecule has 3 heterocycles. The lowest BCUT2D eigenvalue weighted by Crippen LogP contribution is -2.27. The van der Waals surface area contributed by atoms with Gasteiger partial charge in [0.25, 0.3) is 5.91 Å². The molecule has 0 atom stereocenters. The minimum absolute atomic E-state index is 0.154. The third-order valence-corrected chi connectivity index (χ3v) is 6.41. The van der Waals surface area contributed by atoms with Crippen molar-refractivity contribution in [1.82, 2.24) is 14.7 Å². The van der Waals surface area contributed by atoms with Crippen LogP contribution in [0.2, 0.25) is 0 Å². The van der Waals surface area contributed by atoms with Crippen molar-refractivity contribution in [3.63, 3.8) is 0 Å². The lowest BCUT2D eigenvalue weighted by Gasteiger charge is -2.15. The van der Waals surface area contributed by atoms with Gasteiger partial charge in [-0.25, -0.2) is 0 Å². The van der Waals surface area contributed by atoms with Crippen molar-refractivity contribution in [1.29, 1.82) is 0 Å². The van der Waals surface area contributed by atoms with Gasteiger partial charge in [-0.1, -0.05) is 0 Å². The van der Waals surface area contributed by atoms with Crippen molar-refractivity contribution < 1.29 is 9.53 Å². The first-order valence-electron chi connectivity index (χ1n) is 12.2. The summed E-state index contributed by atoms with van der Waals surface area (Å²) in [5.74, 6) is 1.02. The second-order valence-electron chi connectivity index (χ2n) is 8.99. The monoisotopic (exact) mass is 415 g/mol. The maximum atomic E-state index is 12.3. The molecule has 0 N–H and O–H groups in total. The third kappa shape index (κ3) is 7.92. The van der Waals surface area contributed by atoms with Crippen LogP contribution in [0, 0.1) is 0 Å². The highest BCUT2D eigenvalue weighted by atomic mass is 16.5. The Morgan fingerprint density at radius 3 is 2.00 bits per heavy atom. The van der Waals surface area contributed by atoms with Crippen LogP contribution < -0.4 is 4.74 Å². The first kappa shape index (κ1) is 23.1. The number of rotatable bonds is 8. The zero-order valence-corrected chi connectivity index (χ0v) is 19.0. The SMILES string of the molecule is CN1CCCC1.O=C(c1ccc(OCCCCCN2CCCC2)cc1)N1CCCC1. The number of likely N-dealkylation sites (tertiary alicyclic amines) is 3. The maximum absolute atomic E-state index is 12.3. The highest BCUT2D eigenvalue weighted by Crippen LogP contribution is 2.17. The molecular formula is C25H41N3O2. The smallest absolute Gasteiger partial charge is 0.253 e. The number of hydrogen-bond acceptors (Lipinski definition) is 4. The lowest BCUT2D eigenvalue weighted by atomic mass is 10.2. The van der Waals surface area contributed by atoms with Crippen LogP contribution in [0.3, 0.4) is 0 Å². The van der Waals surface area contributed by atoms with Crippen molar-refractivity contribution in [3.8, 4) is 5.75 Å². The van der Waals surface area contributed by atoms with Crippen molar-refractivity contribution in [3.05, 3.63) is 29.8 Å². The van der Waals surface area contributed by atoms with Crippen LogP contribution >= 0.6 is 0 Å². The fourth-order valence-electron chi connectivity index (χ4n) is 4.48. The van der Waals surface area contributed by atoms with Crippen LogP contribution in [0.5, 0.6) is 5.75 Å². The standard InChI is InChI=1S/C20H30N2O2.C5H11N/c23-20(22-15-5-6-16-22)18-8-10-19(11-9-18)24-17-7-1-2-12-21-13-3-4-14-21;1-6-4-2-3-5-6/h8-11H,1-7,12-17H2;2-5H2,1H3. The molecule has 0 radical (unpaired) electrons. The summed E-state index contributed by atoms with van der Waals surface area (Å²) in [6.07, 6.45) is 11.4. The Kier molecular flexibility index (Phi) is 9.97. The minimum Gasteiger partial charge on any atom is -0.494 e. The van der Waals surface area contributed by atoms with Crippen LogP contribution in [0.15, 0.2) is 24.3 Å².